The summed E-state index contributed by atoms with van der Waals surface area (Å²) in [5.41, 5.74) is 0.0184. The fraction of sp³-hybridized carbons (Fsp3) is 0.571. The number of Topliss-reactive ketones (excluding diaryl/α,β-unsaturated/α-hetero) is 1. The minimum Gasteiger partial charge on any atom is -0.489 e. The van der Waals surface area contributed by atoms with Gasteiger partial charge in [0.05, 0.1) is 17.8 Å². The van der Waals surface area contributed by atoms with Gasteiger partial charge in [0, 0.05) is 11.8 Å². The van der Waals surface area contributed by atoms with E-state index in [2.05, 4.69) is 4.98 Å². The monoisotopic (exact) mass is 250 g/mol. The van der Waals surface area contributed by atoms with Gasteiger partial charge in [-0.25, -0.2) is 0 Å². The standard InChI is InChI=1S/C14H22N2O2/c1-10(2)18-12-7-11(8-15-9-12)13(17)14(3,4)16(5)6/h7-10H,1-6H3. The van der Waals surface area contributed by atoms with E-state index in [1.54, 1.807) is 18.5 Å². The number of rotatable bonds is 5. The molecule has 0 bridgehead atoms. The molecule has 0 aromatic carbocycles. The summed E-state index contributed by atoms with van der Waals surface area (Å²) in [5.74, 6) is 0.666. The molecular formula is C14H22N2O2. The van der Waals surface area contributed by atoms with Gasteiger partial charge in [-0.1, -0.05) is 0 Å². The third kappa shape index (κ3) is 3.29. The van der Waals surface area contributed by atoms with Gasteiger partial charge in [0.1, 0.15) is 5.75 Å². The first kappa shape index (κ1) is 14.6. The molecule has 18 heavy (non-hydrogen) atoms. The van der Waals surface area contributed by atoms with Crippen molar-refractivity contribution in [2.75, 3.05) is 14.1 Å². The lowest BCUT2D eigenvalue weighted by atomic mass is 9.93. The van der Waals surface area contributed by atoms with Crippen LogP contribution < -0.4 is 4.74 Å². The Morgan fingerprint density at radius 3 is 2.44 bits per heavy atom. The molecular weight excluding hydrogens is 228 g/mol. The van der Waals surface area contributed by atoms with Crippen LogP contribution in [0, 0.1) is 0 Å². The molecule has 0 fully saturated rings. The van der Waals surface area contributed by atoms with Gasteiger partial charge in [-0.15, -0.1) is 0 Å². The molecule has 4 heteroatoms. The third-order valence-electron chi connectivity index (χ3n) is 3.02. The third-order valence-corrected chi connectivity index (χ3v) is 3.02. The molecule has 0 N–H and O–H groups in total. The molecule has 0 aliphatic heterocycles. The van der Waals surface area contributed by atoms with Crippen molar-refractivity contribution in [3.8, 4) is 5.75 Å². The van der Waals surface area contributed by atoms with Gasteiger partial charge >= 0.3 is 0 Å². The van der Waals surface area contributed by atoms with Crippen LogP contribution in [-0.2, 0) is 0 Å². The molecule has 0 atom stereocenters. The van der Waals surface area contributed by atoms with Gasteiger partial charge in [-0.3, -0.25) is 14.7 Å². The van der Waals surface area contributed by atoms with Crippen molar-refractivity contribution in [3.63, 3.8) is 0 Å². The highest BCUT2D eigenvalue weighted by Gasteiger charge is 2.31. The van der Waals surface area contributed by atoms with Crippen LogP contribution >= 0.6 is 0 Å². The van der Waals surface area contributed by atoms with Crippen molar-refractivity contribution in [1.82, 2.24) is 9.88 Å². The maximum absolute atomic E-state index is 12.4. The molecule has 1 rings (SSSR count). The van der Waals surface area contributed by atoms with E-state index in [9.17, 15) is 4.79 Å². The first-order chi connectivity index (χ1) is 8.25. The van der Waals surface area contributed by atoms with E-state index in [0.717, 1.165) is 0 Å². The van der Waals surface area contributed by atoms with Crippen LogP contribution in [0.5, 0.6) is 5.75 Å². The second kappa shape index (κ2) is 5.48. The molecule has 4 nitrogen and oxygen atoms in total. The normalized spacial score (nSPS) is 12.0. The number of ether oxygens (including phenoxy) is 1. The van der Waals surface area contributed by atoms with Crippen molar-refractivity contribution in [3.05, 3.63) is 24.0 Å². The maximum atomic E-state index is 12.4. The summed E-state index contributed by atoms with van der Waals surface area (Å²) in [7, 11) is 3.78. The van der Waals surface area contributed by atoms with Crippen LogP contribution in [0.3, 0.4) is 0 Å². The summed E-state index contributed by atoms with van der Waals surface area (Å²) in [6, 6.07) is 1.75. The molecule has 0 amide bonds. The number of hydrogen-bond acceptors (Lipinski definition) is 4. The Morgan fingerprint density at radius 1 is 1.33 bits per heavy atom. The topological polar surface area (TPSA) is 42.4 Å². The van der Waals surface area contributed by atoms with E-state index < -0.39 is 5.54 Å². The van der Waals surface area contributed by atoms with E-state index >= 15 is 0 Å². The SMILES string of the molecule is CC(C)Oc1cncc(C(=O)C(C)(C)N(C)C)c1. The first-order valence-corrected chi connectivity index (χ1v) is 6.09. The average Bonchev–Trinajstić information content (AvgIpc) is 2.27. The lowest BCUT2D eigenvalue weighted by molar-refractivity contribution is 0.0754. The molecule has 1 aromatic heterocycles. The molecule has 0 spiro atoms. The van der Waals surface area contributed by atoms with E-state index in [1.807, 2.05) is 46.7 Å². The number of likely N-dealkylation sites (N-methyl/N-ethyl adjacent to an activating group) is 1. The number of pyridine rings is 1. The second-order valence-corrected chi connectivity index (χ2v) is 5.36. The van der Waals surface area contributed by atoms with Crippen LogP contribution in [0.1, 0.15) is 38.1 Å². The number of ketones is 1. The fourth-order valence-electron chi connectivity index (χ4n) is 1.44. The van der Waals surface area contributed by atoms with Gasteiger partial charge < -0.3 is 4.74 Å². The van der Waals surface area contributed by atoms with Gasteiger partial charge in [0.25, 0.3) is 0 Å². The summed E-state index contributed by atoms with van der Waals surface area (Å²) in [6.07, 6.45) is 3.28. The van der Waals surface area contributed by atoms with E-state index in [4.69, 9.17) is 4.74 Å². The molecule has 0 saturated heterocycles. The largest absolute Gasteiger partial charge is 0.489 e. The smallest absolute Gasteiger partial charge is 0.184 e. The van der Waals surface area contributed by atoms with Crippen LogP contribution in [-0.4, -0.2) is 41.4 Å². The summed E-state index contributed by atoms with van der Waals surface area (Å²) in [6.45, 7) is 7.67. The van der Waals surface area contributed by atoms with E-state index in [0.29, 0.717) is 11.3 Å². The molecule has 1 heterocycles. The fourth-order valence-corrected chi connectivity index (χ4v) is 1.44. The van der Waals surface area contributed by atoms with E-state index in [-0.39, 0.29) is 11.9 Å². The van der Waals surface area contributed by atoms with Crippen molar-refractivity contribution >= 4 is 5.78 Å². The molecule has 0 saturated carbocycles. The number of hydrogen-bond donors (Lipinski definition) is 0. The van der Waals surface area contributed by atoms with Crippen LogP contribution in [0.4, 0.5) is 0 Å². The zero-order valence-corrected chi connectivity index (χ0v) is 12.0. The van der Waals surface area contributed by atoms with Crippen molar-refractivity contribution in [2.24, 2.45) is 0 Å². The second-order valence-electron chi connectivity index (χ2n) is 5.36. The predicted molar refractivity (Wildman–Crippen MR) is 72.1 cm³/mol. The first-order valence-electron chi connectivity index (χ1n) is 6.09. The van der Waals surface area contributed by atoms with Gasteiger partial charge in [0.2, 0.25) is 0 Å². The summed E-state index contributed by atoms with van der Waals surface area (Å²) >= 11 is 0. The number of nitrogens with zero attached hydrogens (tertiary/aromatic N) is 2. The van der Waals surface area contributed by atoms with Gasteiger partial charge in [0.15, 0.2) is 5.78 Å². The summed E-state index contributed by atoms with van der Waals surface area (Å²) in [5, 5.41) is 0. The van der Waals surface area contributed by atoms with Crippen LogP contribution in [0.2, 0.25) is 0 Å². The Hall–Kier alpha value is -1.42. The van der Waals surface area contributed by atoms with Crippen LogP contribution in [0.15, 0.2) is 18.5 Å². The quantitative estimate of drug-likeness (QED) is 0.753. The zero-order chi connectivity index (χ0) is 13.9. The summed E-state index contributed by atoms with van der Waals surface area (Å²) < 4.78 is 5.55. The highest BCUT2D eigenvalue weighted by Crippen LogP contribution is 2.20. The Bertz CT molecular complexity index is 426. The maximum Gasteiger partial charge on any atom is 0.184 e. The minimum atomic E-state index is -0.557. The Morgan fingerprint density at radius 2 is 1.94 bits per heavy atom. The summed E-state index contributed by atoms with van der Waals surface area (Å²) in [4.78, 5) is 18.4. The molecule has 1 aromatic rings. The Labute approximate surface area is 109 Å². The zero-order valence-electron chi connectivity index (χ0n) is 12.0. The lowest BCUT2D eigenvalue weighted by Gasteiger charge is -2.30. The number of carbonyl (C=O) groups is 1. The number of aromatic nitrogens is 1. The van der Waals surface area contributed by atoms with E-state index in [1.165, 1.54) is 0 Å². The molecule has 0 radical (unpaired) electrons. The van der Waals surface area contributed by atoms with Crippen molar-refractivity contribution in [2.45, 2.75) is 39.3 Å². The van der Waals surface area contributed by atoms with Gasteiger partial charge in [-0.05, 0) is 47.9 Å². The molecule has 100 valence electrons. The Kier molecular flexibility index (Phi) is 4.46. The predicted octanol–water partition coefficient (Wildman–Crippen LogP) is 2.39. The van der Waals surface area contributed by atoms with Crippen molar-refractivity contribution in [1.29, 1.82) is 0 Å². The highest BCUT2D eigenvalue weighted by molar-refractivity contribution is 6.02. The van der Waals surface area contributed by atoms with Crippen LogP contribution in [0.25, 0.3) is 0 Å². The molecule has 0 aliphatic rings. The Balaban J connectivity index is 3.00. The molecule has 0 unspecified atom stereocenters. The van der Waals surface area contributed by atoms with Crippen molar-refractivity contribution < 1.29 is 9.53 Å². The van der Waals surface area contributed by atoms with Gasteiger partial charge in [-0.2, -0.15) is 0 Å². The lowest BCUT2D eigenvalue weighted by Crippen LogP contribution is -2.45. The highest BCUT2D eigenvalue weighted by atomic mass is 16.5. The minimum absolute atomic E-state index is 0.0363. The number of carbonyl (C=O) groups excluding carboxylic acids is 1. The molecule has 0 aliphatic carbocycles. The average molecular weight is 250 g/mol.